The molecule has 2 aromatic heterocycles. The lowest BCUT2D eigenvalue weighted by molar-refractivity contribution is 0.0703. The smallest absolute Gasteiger partial charge is 0.257 e. The molecule has 1 aliphatic heterocycles. The summed E-state index contributed by atoms with van der Waals surface area (Å²) in [4.78, 5) is 20.1. The number of hydrogen-bond acceptors (Lipinski definition) is 3. The van der Waals surface area contributed by atoms with Gasteiger partial charge in [0, 0.05) is 42.9 Å². The molecule has 1 saturated heterocycles. The van der Waals surface area contributed by atoms with Gasteiger partial charge in [-0.05, 0) is 74.8 Å². The molecule has 0 bridgehead atoms. The van der Waals surface area contributed by atoms with Crippen LogP contribution in [0.4, 0.5) is 4.39 Å². The van der Waals surface area contributed by atoms with Crippen LogP contribution in [0.25, 0.3) is 0 Å². The molecule has 5 rings (SSSR count). The second kappa shape index (κ2) is 8.89. The third kappa shape index (κ3) is 4.21. The van der Waals surface area contributed by atoms with Gasteiger partial charge in [0.05, 0.1) is 5.56 Å². The second-order valence-corrected chi connectivity index (χ2v) is 9.13. The van der Waals surface area contributed by atoms with Crippen LogP contribution in [0.2, 0.25) is 0 Å². The van der Waals surface area contributed by atoms with E-state index in [9.17, 15) is 9.18 Å². The van der Waals surface area contributed by atoms with Gasteiger partial charge in [0.2, 0.25) is 0 Å². The van der Waals surface area contributed by atoms with Gasteiger partial charge in [0.15, 0.2) is 0 Å². The second-order valence-electron chi connectivity index (χ2n) is 9.13. The molecule has 1 unspecified atom stereocenters. The molecule has 2 aliphatic rings. The van der Waals surface area contributed by atoms with Gasteiger partial charge in [-0.2, -0.15) is 0 Å². The summed E-state index contributed by atoms with van der Waals surface area (Å²) in [6.07, 6.45) is 8.70. The minimum atomic E-state index is -0.215. The van der Waals surface area contributed by atoms with Gasteiger partial charge in [-0.3, -0.25) is 9.78 Å². The number of nitrogens with zero attached hydrogens (tertiary/aromatic N) is 2. The quantitative estimate of drug-likeness (QED) is 0.538. The minimum absolute atomic E-state index is 0.113. The third-order valence-electron chi connectivity index (χ3n) is 6.83. The molecule has 5 heteroatoms. The number of hydrogen-bond donors (Lipinski definition) is 0. The number of benzene rings is 1. The van der Waals surface area contributed by atoms with Gasteiger partial charge in [-0.25, -0.2) is 4.39 Å². The van der Waals surface area contributed by atoms with E-state index in [1.165, 1.54) is 6.07 Å². The van der Waals surface area contributed by atoms with Crippen molar-refractivity contribution in [3.8, 4) is 0 Å². The zero-order chi connectivity index (χ0) is 22.1. The molecule has 166 valence electrons. The van der Waals surface area contributed by atoms with Crippen molar-refractivity contribution in [2.75, 3.05) is 13.1 Å². The van der Waals surface area contributed by atoms with Crippen molar-refractivity contribution < 1.29 is 13.6 Å². The Morgan fingerprint density at radius 2 is 2.03 bits per heavy atom. The average molecular weight is 433 g/mol. The Hall–Kier alpha value is -2.95. The molecule has 0 spiro atoms. The first-order valence-electron chi connectivity index (χ1n) is 11.7. The molecular weight excluding hydrogens is 403 g/mol. The number of rotatable bonds is 4. The van der Waals surface area contributed by atoms with Gasteiger partial charge in [-0.1, -0.05) is 18.2 Å². The Kier molecular flexibility index (Phi) is 5.81. The van der Waals surface area contributed by atoms with Crippen molar-refractivity contribution in [3.63, 3.8) is 0 Å². The van der Waals surface area contributed by atoms with Crippen molar-refractivity contribution in [1.29, 1.82) is 0 Å². The van der Waals surface area contributed by atoms with E-state index in [4.69, 9.17) is 9.40 Å². The summed E-state index contributed by atoms with van der Waals surface area (Å²) in [6.45, 7) is 3.40. The highest BCUT2D eigenvalue weighted by molar-refractivity contribution is 5.97. The monoisotopic (exact) mass is 432 g/mol. The Morgan fingerprint density at radius 1 is 1.16 bits per heavy atom. The van der Waals surface area contributed by atoms with Crippen LogP contribution in [0.15, 0.2) is 47.0 Å². The van der Waals surface area contributed by atoms with Crippen molar-refractivity contribution in [2.45, 2.75) is 57.8 Å². The Bertz CT molecular complexity index is 1120. The third-order valence-corrected chi connectivity index (χ3v) is 6.83. The highest BCUT2D eigenvalue weighted by Gasteiger charge is 2.31. The van der Waals surface area contributed by atoms with E-state index in [2.05, 4.69) is 12.1 Å². The minimum Gasteiger partial charge on any atom is -0.465 e. The molecule has 0 radical (unpaired) electrons. The van der Waals surface area contributed by atoms with Crippen LogP contribution in [0, 0.1) is 12.7 Å². The van der Waals surface area contributed by atoms with E-state index < -0.39 is 0 Å². The molecule has 4 nitrogen and oxygen atoms in total. The number of carbonyl (C=O) groups excluding carboxylic acids is 1. The fourth-order valence-corrected chi connectivity index (χ4v) is 5.21. The summed E-state index contributed by atoms with van der Waals surface area (Å²) in [6, 6.07) is 10.8. The van der Waals surface area contributed by atoms with E-state index in [1.807, 2.05) is 24.1 Å². The largest absolute Gasteiger partial charge is 0.465 e. The lowest BCUT2D eigenvalue weighted by atomic mass is 9.91. The summed E-state index contributed by atoms with van der Waals surface area (Å²) >= 11 is 0. The highest BCUT2D eigenvalue weighted by Crippen LogP contribution is 2.33. The number of aryl methyl sites for hydroxylation is 2. The number of likely N-dealkylation sites (tertiary alicyclic amines) is 1. The van der Waals surface area contributed by atoms with Crippen molar-refractivity contribution in [3.05, 3.63) is 87.9 Å². The maximum Gasteiger partial charge on any atom is 0.257 e. The van der Waals surface area contributed by atoms with Crippen LogP contribution < -0.4 is 0 Å². The molecule has 1 atom stereocenters. The molecule has 0 N–H and O–H groups in total. The molecule has 0 saturated carbocycles. The molecule has 1 aromatic carbocycles. The molecule has 1 fully saturated rings. The summed E-state index contributed by atoms with van der Waals surface area (Å²) < 4.78 is 19.4. The zero-order valence-electron chi connectivity index (χ0n) is 18.6. The Balaban J connectivity index is 1.29. The topological polar surface area (TPSA) is 46.3 Å². The van der Waals surface area contributed by atoms with Crippen molar-refractivity contribution >= 4 is 5.91 Å². The summed E-state index contributed by atoms with van der Waals surface area (Å²) in [5.74, 6) is 1.92. The standard InChI is InChI=1S/C27H29FN2O2/c1-18-26(23-9-2-3-10-25(23)32-18)27(31)30-13-5-7-21(17-30)24-12-11-20(16-29-24)14-19-6-4-8-22(28)15-19/h4,6,8,11-12,15-16,21H,2-3,5,7,9-10,13-14,17H2,1H3. The Morgan fingerprint density at radius 3 is 2.84 bits per heavy atom. The number of aromatic nitrogens is 1. The van der Waals surface area contributed by atoms with Crippen molar-refractivity contribution in [2.24, 2.45) is 0 Å². The number of piperidine rings is 1. The fraction of sp³-hybridized carbons (Fsp3) is 0.407. The van der Waals surface area contributed by atoms with E-state index in [0.717, 1.165) is 84.5 Å². The van der Waals surface area contributed by atoms with Crippen molar-refractivity contribution in [1.82, 2.24) is 9.88 Å². The number of furan rings is 1. The van der Waals surface area contributed by atoms with Gasteiger partial charge in [0.25, 0.3) is 5.91 Å². The van der Waals surface area contributed by atoms with E-state index in [0.29, 0.717) is 13.0 Å². The first-order valence-corrected chi connectivity index (χ1v) is 11.7. The molecule has 1 aliphatic carbocycles. The molecule has 32 heavy (non-hydrogen) atoms. The van der Waals surface area contributed by atoms with Crippen LogP contribution in [0.3, 0.4) is 0 Å². The summed E-state index contributed by atoms with van der Waals surface area (Å²) in [7, 11) is 0. The van der Waals surface area contributed by atoms with Gasteiger partial charge in [-0.15, -0.1) is 0 Å². The number of amides is 1. The fourth-order valence-electron chi connectivity index (χ4n) is 5.21. The highest BCUT2D eigenvalue weighted by atomic mass is 19.1. The molecule has 3 aromatic rings. The first kappa shape index (κ1) is 20.9. The maximum atomic E-state index is 13.4. The number of carbonyl (C=O) groups is 1. The summed E-state index contributed by atoms with van der Waals surface area (Å²) in [5.41, 5.74) is 4.97. The van der Waals surface area contributed by atoms with Crippen LogP contribution >= 0.6 is 0 Å². The number of halogens is 1. The summed E-state index contributed by atoms with van der Waals surface area (Å²) in [5, 5.41) is 0. The van der Waals surface area contributed by atoms with Crippen LogP contribution in [0.5, 0.6) is 0 Å². The van der Waals surface area contributed by atoms with Crippen LogP contribution in [-0.4, -0.2) is 28.9 Å². The molecule has 1 amide bonds. The Labute approximate surface area is 188 Å². The molecule has 3 heterocycles. The predicted molar refractivity (Wildman–Crippen MR) is 121 cm³/mol. The predicted octanol–water partition coefficient (Wildman–Crippen LogP) is 5.61. The van der Waals surface area contributed by atoms with Gasteiger partial charge < -0.3 is 9.32 Å². The van der Waals surface area contributed by atoms with E-state index in [1.54, 1.807) is 12.1 Å². The van der Waals surface area contributed by atoms with Crippen LogP contribution in [-0.2, 0) is 19.3 Å². The lowest BCUT2D eigenvalue weighted by Gasteiger charge is -2.33. The van der Waals surface area contributed by atoms with Crippen LogP contribution in [0.1, 0.15) is 75.9 Å². The van der Waals surface area contributed by atoms with Gasteiger partial charge >= 0.3 is 0 Å². The maximum absolute atomic E-state index is 13.4. The van der Waals surface area contributed by atoms with E-state index in [-0.39, 0.29) is 17.6 Å². The van der Waals surface area contributed by atoms with E-state index >= 15 is 0 Å². The number of fused-ring (bicyclic) bond motifs is 1. The average Bonchev–Trinajstić information content (AvgIpc) is 3.15. The SMILES string of the molecule is Cc1oc2c(c1C(=O)N1CCCC(c3ccc(Cc4cccc(F)c4)cn3)C1)CCCC2. The zero-order valence-corrected chi connectivity index (χ0v) is 18.6. The first-order chi connectivity index (χ1) is 15.6. The normalized spacial score (nSPS) is 18.4. The lowest BCUT2D eigenvalue weighted by Crippen LogP contribution is -2.39. The van der Waals surface area contributed by atoms with Gasteiger partial charge in [0.1, 0.15) is 17.3 Å². The molecular formula is C27H29FN2O2. The number of pyridine rings is 1.